The summed E-state index contributed by atoms with van der Waals surface area (Å²) in [5.74, 6) is 0. The van der Waals surface area contributed by atoms with Crippen molar-refractivity contribution in [2.75, 3.05) is 19.6 Å². The number of nitrogens with zero attached hydrogens (tertiary/aromatic N) is 3. The second kappa shape index (κ2) is 8.15. The van der Waals surface area contributed by atoms with Crippen molar-refractivity contribution in [3.8, 4) is 0 Å². The molecular formula is C17H24Cl2N4. The maximum absolute atomic E-state index is 6.40. The SMILES string of the molecule is CC(C)n1ccc(CN2CCNCC2c2ccccc2Cl)n1.Cl. The molecule has 126 valence electrons. The van der Waals surface area contributed by atoms with Gasteiger partial charge in [-0.2, -0.15) is 5.10 Å². The highest BCUT2D eigenvalue weighted by atomic mass is 35.5. The molecule has 1 fully saturated rings. The summed E-state index contributed by atoms with van der Waals surface area (Å²) >= 11 is 6.40. The number of halogens is 2. The second-order valence-corrected chi connectivity index (χ2v) is 6.50. The van der Waals surface area contributed by atoms with Gasteiger partial charge in [0.25, 0.3) is 0 Å². The fourth-order valence-corrected chi connectivity index (χ4v) is 3.21. The molecular weight excluding hydrogens is 331 g/mol. The van der Waals surface area contributed by atoms with E-state index >= 15 is 0 Å². The lowest BCUT2D eigenvalue weighted by Gasteiger charge is -2.36. The zero-order valence-corrected chi connectivity index (χ0v) is 15.1. The molecule has 1 N–H and O–H groups in total. The maximum Gasteiger partial charge on any atom is 0.0765 e. The van der Waals surface area contributed by atoms with Crippen molar-refractivity contribution in [2.45, 2.75) is 32.5 Å². The standard InChI is InChI=1S/C17H23ClN4.ClH/c1-13(2)22-9-7-14(20-22)12-21-10-8-19-11-17(21)15-5-3-4-6-16(15)18;/h3-7,9,13,17,19H,8,10-12H2,1-2H3;1H. The molecule has 0 aliphatic carbocycles. The third-order valence-corrected chi connectivity index (χ3v) is 4.52. The molecule has 6 heteroatoms. The van der Waals surface area contributed by atoms with E-state index in [0.29, 0.717) is 12.1 Å². The van der Waals surface area contributed by atoms with Gasteiger partial charge in [0.1, 0.15) is 0 Å². The summed E-state index contributed by atoms with van der Waals surface area (Å²) in [7, 11) is 0. The third-order valence-electron chi connectivity index (χ3n) is 4.18. The molecule has 1 atom stereocenters. The lowest BCUT2D eigenvalue weighted by Crippen LogP contribution is -2.45. The van der Waals surface area contributed by atoms with Gasteiger partial charge in [-0.1, -0.05) is 29.8 Å². The minimum atomic E-state index is 0. The van der Waals surface area contributed by atoms with Crippen molar-refractivity contribution in [3.63, 3.8) is 0 Å². The van der Waals surface area contributed by atoms with Crippen molar-refractivity contribution >= 4 is 24.0 Å². The molecule has 1 unspecified atom stereocenters. The van der Waals surface area contributed by atoms with Gasteiger partial charge in [0.05, 0.1) is 5.69 Å². The van der Waals surface area contributed by atoms with Gasteiger partial charge in [-0.15, -0.1) is 12.4 Å². The first-order chi connectivity index (χ1) is 10.6. The van der Waals surface area contributed by atoms with Gasteiger partial charge < -0.3 is 5.32 Å². The van der Waals surface area contributed by atoms with Crippen LogP contribution in [-0.4, -0.2) is 34.3 Å². The van der Waals surface area contributed by atoms with Crippen molar-refractivity contribution in [1.82, 2.24) is 20.0 Å². The third kappa shape index (κ3) is 4.27. The Bertz CT molecular complexity index is 627. The number of benzene rings is 1. The van der Waals surface area contributed by atoms with Crippen LogP contribution in [0.3, 0.4) is 0 Å². The van der Waals surface area contributed by atoms with Crippen LogP contribution in [0.2, 0.25) is 5.02 Å². The quantitative estimate of drug-likeness (QED) is 0.908. The van der Waals surface area contributed by atoms with E-state index in [0.717, 1.165) is 36.9 Å². The zero-order chi connectivity index (χ0) is 15.5. The Hall–Kier alpha value is -1.07. The number of hydrogen-bond acceptors (Lipinski definition) is 3. The topological polar surface area (TPSA) is 33.1 Å². The van der Waals surface area contributed by atoms with E-state index in [4.69, 9.17) is 11.6 Å². The van der Waals surface area contributed by atoms with E-state index < -0.39 is 0 Å². The molecule has 1 saturated heterocycles. The molecule has 0 amide bonds. The van der Waals surface area contributed by atoms with E-state index in [-0.39, 0.29) is 12.4 Å². The minimum Gasteiger partial charge on any atom is -0.314 e. The average Bonchev–Trinajstić information content (AvgIpc) is 2.97. The van der Waals surface area contributed by atoms with Gasteiger partial charge >= 0.3 is 0 Å². The van der Waals surface area contributed by atoms with Crippen LogP contribution in [0.15, 0.2) is 36.5 Å². The normalized spacial score (nSPS) is 18.9. The smallest absolute Gasteiger partial charge is 0.0765 e. The first-order valence-electron chi connectivity index (χ1n) is 7.88. The molecule has 1 aromatic heterocycles. The zero-order valence-electron chi connectivity index (χ0n) is 13.6. The van der Waals surface area contributed by atoms with Crippen molar-refractivity contribution in [1.29, 1.82) is 0 Å². The summed E-state index contributed by atoms with van der Waals surface area (Å²) in [5.41, 5.74) is 2.31. The molecule has 0 saturated carbocycles. The molecule has 23 heavy (non-hydrogen) atoms. The van der Waals surface area contributed by atoms with E-state index in [9.17, 15) is 0 Å². The highest BCUT2D eigenvalue weighted by molar-refractivity contribution is 6.31. The molecule has 4 nitrogen and oxygen atoms in total. The average molecular weight is 355 g/mol. The molecule has 3 rings (SSSR count). The van der Waals surface area contributed by atoms with Crippen molar-refractivity contribution in [2.24, 2.45) is 0 Å². The van der Waals surface area contributed by atoms with Crippen molar-refractivity contribution < 1.29 is 0 Å². The maximum atomic E-state index is 6.40. The first-order valence-corrected chi connectivity index (χ1v) is 8.26. The second-order valence-electron chi connectivity index (χ2n) is 6.09. The predicted molar refractivity (Wildman–Crippen MR) is 97.3 cm³/mol. The molecule has 0 radical (unpaired) electrons. The lowest BCUT2D eigenvalue weighted by molar-refractivity contribution is 0.151. The fourth-order valence-electron chi connectivity index (χ4n) is 2.95. The van der Waals surface area contributed by atoms with Crippen LogP contribution in [0.25, 0.3) is 0 Å². The van der Waals surface area contributed by atoms with Gasteiger partial charge in [-0.05, 0) is 31.5 Å². The molecule has 1 aliphatic heterocycles. The lowest BCUT2D eigenvalue weighted by atomic mass is 10.0. The summed E-state index contributed by atoms with van der Waals surface area (Å²) in [4.78, 5) is 2.46. The van der Waals surface area contributed by atoms with Gasteiger partial charge in [0, 0.05) is 49.5 Å². The number of hydrogen-bond donors (Lipinski definition) is 1. The summed E-state index contributed by atoms with van der Waals surface area (Å²) < 4.78 is 2.02. The van der Waals surface area contributed by atoms with Gasteiger partial charge in [0.2, 0.25) is 0 Å². The highest BCUT2D eigenvalue weighted by Gasteiger charge is 2.25. The van der Waals surface area contributed by atoms with Gasteiger partial charge in [-0.3, -0.25) is 9.58 Å². The largest absolute Gasteiger partial charge is 0.314 e. The van der Waals surface area contributed by atoms with Crippen LogP contribution >= 0.6 is 24.0 Å². The summed E-state index contributed by atoms with van der Waals surface area (Å²) in [6, 6.07) is 10.9. The monoisotopic (exact) mass is 354 g/mol. The molecule has 0 spiro atoms. The summed E-state index contributed by atoms with van der Waals surface area (Å²) in [5, 5.41) is 8.99. The molecule has 0 bridgehead atoms. The highest BCUT2D eigenvalue weighted by Crippen LogP contribution is 2.29. The van der Waals surface area contributed by atoms with Gasteiger partial charge in [-0.25, -0.2) is 0 Å². The first kappa shape index (κ1) is 18.3. The Labute approximate surface area is 149 Å². The van der Waals surface area contributed by atoms with Crippen LogP contribution in [-0.2, 0) is 6.54 Å². The Balaban J connectivity index is 0.00000192. The van der Waals surface area contributed by atoms with Gasteiger partial charge in [0.15, 0.2) is 0 Å². The van der Waals surface area contributed by atoms with Crippen LogP contribution in [0.5, 0.6) is 0 Å². The Morgan fingerprint density at radius 1 is 1.30 bits per heavy atom. The Morgan fingerprint density at radius 3 is 2.78 bits per heavy atom. The Morgan fingerprint density at radius 2 is 2.09 bits per heavy atom. The number of aromatic nitrogens is 2. The number of nitrogens with one attached hydrogen (secondary N) is 1. The van der Waals surface area contributed by atoms with E-state index in [1.165, 1.54) is 5.56 Å². The Kier molecular flexibility index (Phi) is 6.48. The van der Waals surface area contributed by atoms with E-state index in [1.54, 1.807) is 0 Å². The number of piperazine rings is 1. The van der Waals surface area contributed by atoms with Crippen LogP contribution < -0.4 is 5.32 Å². The van der Waals surface area contributed by atoms with Crippen molar-refractivity contribution in [3.05, 3.63) is 52.8 Å². The summed E-state index contributed by atoms with van der Waals surface area (Å²) in [6.07, 6.45) is 2.06. The molecule has 2 aromatic rings. The minimum absolute atomic E-state index is 0. The van der Waals surface area contributed by atoms with E-state index in [1.807, 2.05) is 16.8 Å². The fraction of sp³-hybridized carbons (Fsp3) is 0.471. The van der Waals surface area contributed by atoms with Crippen LogP contribution in [0.4, 0.5) is 0 Å². The molecule has 2 heterocycles. The predicted octanol–water partition coefficient (Wildman–Crippen LogP) is 3.69. The van der Waals surface area contributed by atoms with Crippen LogP contribution in [0.1, 0.15) is 37.2 Å². The number of rotatable bonds is 4. The van der Waals surface area contributed by atoms with E-state index in [2.05, 4.69) is 53.6 Å². The molecule has 1 aromatic carbocycles. The summed E-state index contributed by atoms with van der Waals surface area (Å²) in [6.45, 7) is 8.09. The molecule has 1 aliphatic rings. The van der Waals surface area contributed by atoms with Crippen LogP contribution in [0, 0.1) is 0 Å².